The van der Waals surface area contributed by atoms with Crippen molar-refractivity contribution in [3.8, 4) is 5.75 Å². The predicted octanol–water partition coefficient (Wildman–Crippen LogP) is 1.64. The van der Waals surface area contributed by atoms with Crippen LogP contribution in [0.1, 0.15) is 12.8 Å². The summed E-state index contributed by atoms with van der Waals surface area (Å²) in [6, 6.07) is 3.30. The number of amides is 1. The zero-order valence-electron chi connectivity index (χ0n) is 10.3. The van der Waals surface area contributed by atoms with E-state index in [1.54, 1.807) is 0 Å². The Bertz CT molecular complexity index is 448. The fourth-order valence-corrected chi connectivity index (χ4v) is 1.81. The van der Waals surface area contributed by atoms with Crippen molar-refractivity contribution in [2.75, 3.05) is 19.8 Å². The van der Waals surface area contributed by atoms with Gasteiger partial charge < -0.3 is 14.8 Å². The van der Waals surface area contributed by atoms with Crippen LogP contribution in [0.15, 0.2) is 18.2 Å². The molecule has 1 N–H and O–H groups in total. The first-order valence-corrected chi connectivity index (χ1v) is 6.14. The van der Waals surface area contributed by atoms with Crippen LogP contribution in [0.4, 0.5) is 8.78 Å². The lowest BCUT2D eigenvalue weighted by Gasteiger charge is -2.11. The second kappa shape index (κ2) is 6.47. The van der Waals surface area contributed by atoms with Crippen molar-refractivity contribution in [1.82, 2.24) is 5.32 Å². The van der Waals surface area contributed by atoms with E-state index in [1.165, 1.54) is 6.07 Å². The van der Waals surface area contributed by atoms with Gasteiger partial charge in [0.2, 0.25) is 5.91 Å². The molecule has 0 bridgehead atoms. The summed E-state index contributed by atoms with van der Waals surface area (Å²) in [5.41, 5.74) is 0. The quantitative estimate of drug-likeness (QED) is 0.828. The molecule has 0 spiro atoms. The Morgan fingerprint density at radius 3 is 2.95 bits per heavy atom. The molecule has 0 radical (unpaired) electrons. The highest BCUT2D eigenvalue weighted by molar-refractivity contribution is 5.80. The summed E-state index contributed by atoms with van der Waals surface area (Å²) in [7, 11) is 0. The SMILES string of the molecule is O=C(NCCOc1ccc(F)c(F)c1)C1CCCO1. The van der Waals surface area contributed by atoms with Gasteiger partial charge in [0.25, 0.3) is 0 Å². The predicted molar refractivity (Wildman–Crippen MR) is 63.8 cm³/mol. The minimum Gasteiger partial charge on any atom is -0.492 e. The fourth-order valence-electron chi connectivity index (χ4n) is 1.81. The van der Waals surface area contributed by atoms with Crippen LogP contribution in [0.2, 0.25) is 0 Å². The van der Waals surface area contributed by atoms with Gasteiger partial charge in [-0.3, -0.25) is 4.79 Å². The van der Waals surface area contributed by atoms with Crippen LogP contribution in [0.3, 0.4) is 0 Å². The molecule has 0 aromatic heterocycles. The van der Waals surface area contributed by atoms with Crippen molar-refractivity contribution in [2.24, 2.45) is 0 Å². The summed E-state index contributed by atoms with van der Waals surface area (Å²) in [6.07, 6.45) is 1.25. The van der Waals surface area contributed by atoms with Crippen LogP contribution < -0.4 is 10.1 Å². The number of hydrogen-bond donors (Lipinski definition) is 1. The number of halogens is 2. The van der Waals surface area contributed by atoms with E-state index in [2.05, 4.69) is 5.32 Å². The molecule has 1 heterocycles. The second-order valence-corrected chi connectivity index (χ2v) is 4.22. The summed E-state index contributed by atoms with van der Waals surface area (Å²) >= 11 is 0. The van der Waals surface area contributed by atoms with Gasteiger partial charge in [-0.2, -0.15) is 0 Å². The van der Waals surface area contributed by atoms with Crippen molar-refractivity contribution in [1.29, 1.82) is 0 Å². The Labute approximate surface area is 109 Å². The first-order valence-electron chi connectivity index (χ1n) is 6.14. The van der Waals surface area contributed by atoms with Crippen molar-refractivity contribution < 1.29 is 23.0 Å². The molecule has 0 aliphatic carbocycles. The molecule has 1 aromatic carbocycles. The van der Waals surface area contributed by atoms with Crippen LogP contribution in [-0.4, -0.2) is 31.8 Å². The lowest BCUT2D eigenvalue weighted by molar-refractivity contribution is -0.130. The van der Waals surface area contributed by atoms with E-state index in [0.717, 1.165) is 25.0 Å². The lowest BCUT2D eigenvalue weighted by atomic mass is 10.2. The van der Waals surface area contributed by atoms with Gasteiger partial charge in [-0.1, -0.05) is 0 Å². The molecule has 1 unspecified atom stereocenters. The molecule has 6 heteroatoms. The molecular weight excluding hydrogens is 256 g/mol. The van der Waals surface area contributed by atoms with E-state index in [-0.39, 0.29) is 30.9 Å². The molecule has 4 nitrogen and oxygen atoms in total. The Hall–Kier alpha value is -1.69. The molecule has 19 heavy (non-hydrogen) atoms. The van der Waals surface area contributed by atoms with Crippen LogP contribution in [0.25, 0.3) is 0 Å². The van der Waals surface area contributed by atoms with Gasteiger partial charge >= 0.3 is 0 Å². The minimum absolute atomic E-state index is 0.161. The third-order valence-corrected chi connectivity index (χ3v) is 2.78. The van der Waals surface area contributed by atoms with Crippen molar-refractivity contribution in [3.05, 3.63) is 29.8 Å². The fraction of sp³-hybridized carbons (Fsp3) is 0.462. The van der Waals surface area contributed by atoms with Gasteiger partial charge in [0.15, 0.2) is 11.6 Å². The molecule has 1 saturated heterocycles. The van der Waals surface area contributed by atoms with Crippen LogP contribution in [-0.2, 0) is 9.53 Å². The Balaban J connectivity index is 1.68. The molecule has 1 aromatic rings. The highest BCUT2D eigenvalue weighted by Gasteiger charge is 2.22. The van der Waals surface area contributed by atoms with Gasteiger partial charge in [-0.15, -0.1) is 0 Å². The number of ether oxygens (including phenoxy) is 2. The van der Waals surface area contributed by atoms with E-state index < -0.39 is 11.6 Å². The lowest BCUT2D eigenvalue weighted by Crippen LogP contribution is -2.36. The Morgan fingerprint density at radius 1 is 1.42 bits per heavy atom. The van der Waals surface area contributed by atoms with Crippen LogP contribution in [0, 0.1) is 11.6 Å². The maximum atomic E-state index is 12.9. The summed E-state index contributed by atoms with van der Waals surface area (Å²) in [5, 5.41) is 2.66. The zero-order valence-corrected chi connectivity index (χ0v) is 10.3. The van der Waals surface area contributed by atoms with Gasteiger partial charge in [0, 0.05) is 12.7 Å². The summed E-state index contributed by atoms with van der Waals surface area (Å²) < 4.78 is 36.0. The summed E-state index contributed by atoms with van der Waals surface area (Å²) in [4.78, 5) is 11.6. The maximum Gasteiger partial charge on any atom is 0.249 e. The van der Waals surface area contributed by atoms with Gasteiger partial charge in [-0.05, 0) is 25.0 Å². The van der Waals surface area contributed by atoms with Gasteiger partial charge in [0.1, 0.15) is 18.5 Å². The van der Waals surface area contributed by atoms with Crippen molar-refractivity contribution >= 4 is 5.91 Å². The average Bonchev–Trinajstić information content (AvgIpc) is 2.92. The van der Waals surface area contributed by atoms with E-state index in [1.807, 2.05) is 0 Å². The van der Waals surface area contributed by atoms with Crippen molar-refractivity contribution in [3.63, 3.8) is 0 Å². The van der Waals surface area contributed by atoms with E-state index >= 15 is 0 Å². The highest BCUT2D eigenvalue weighted by Crippen LogP contribution is 2.15. The van der Waals surface area contributed by atoms with E-state index in [0.29, 0.717) is 6.61 Å². The first kappa shape index (κ1) is 13.7. The summed E-state index contributed by atoms with van der Waals surface area (Å²) in [5.74, 6) is -1.81. The maximum absolute atomic E-state index is 12.9. The monoisotopic (exact) mass is 271 g/mol. The Kier molecular flexibility index (Phi) is 4.68. The molecule has 104 valence electrons. The second-order valence-electron chi connectivity index (χ2n) is 4.22. The molecule has 1 aliphatic rings. The summed E-state index contributed by atoms with van der Waals surface area (Å²) in [6.45, 7) is 1.09. The number of rotatable bonds is 5. The average molecular weight is 271 g/mol. The van der Waals surface area contributed by atoms with Gasteiger partial charge in [0.05, 0.1) is 6.54 Å². The first-order chi connectivity index (χ1) is 9.16. The zero-order chi connectivity index (χ0) is 13.7. The third kappa shape index (κ3) is 3.89. The molecule has 1 amide bonds. The van der Waals surface area contributed by atoms with E-state index in [9.17, 15) is 13.6 Å². The Morgan fingerprint density at radius 2 is 2.26 bits per heavy atom. The third-order valence-electron chi connectivity index (χ3n) is 2.78. The molecule has 1 atom stereocenters. The van der Waals surface area contributed by atoms with Crippen LogP contribution >= 0.6 is 0 Å². The number of benzene rings is 1. The minimum atomic E-state index is -0.958. The molecule has 1 aliphatic heterocycles. The normalized spacial score (nSPS) is 18.3. The van der Waals surface area contributed by atoms with Crippen molar-refractivity contribution in [2.45, 2.75) is 18.9 Å². The number of carbonyl (C=O) groups excluding carboxylic acids is 1. The van der Waals surface area contributed by atoms with Gasteiger partial charge in [-0.25, -0.2) is 8.78 Å². The standard InChI is InChI=1S/C13H15F2NO3/c14-10-4-3-9(8-11(10)15)18-7-5-16-13(17)12-2-1-6-19-12/h3-4,8,12H,1-2,5-7H2,(H,16,17). The highest BCUT2D eigenvalue weighted by atomic mass is 19.2. The largest absolute Gasteiger partial charge is 0.492 e. The number of hydrogen-bond acceptors (Lipinski definition) is 3. The number of carbonyl (C=O) groups is 1. The van der Waals surface area contributed by atoms with E-state index in [4.69, 9.17) is 9.47 Å². The topological polar surface area (TPSA) is 47.6 Å². The number of nitrogens with one attached hydrogen (secondary N) is 1. The molecular formula is C13H15F2NO3. The smallest absolute Gasteiger partial charge is 0.249 e. The molecule has 0 saturated carbocycles. The molecule has 2 rings (SSSR count). The van der Waals surface area contributed by atoms with Crippen LogP contribution in [0.5, 0.6) is 5.75 Å². The molecule has 1 fully saturated rings.